The number of hydrogen-bond acceptors (Lipinski definition) is 3. The molecule has 3 aromatic carbocycles. The van der Waals surface area contributed by atoms with Crippen LogP contribution in [-0.2, 0) is 4.79 Å². The second-order valence-electron chi connectivity index (χ2n) is 5.44. The van der Waals surface area contributed by atoms with Crippen molar-refractivity contribution in [3.63, 3.8) is 0 Å². The van der Waals surface area contributed by atoms with Gasteiger partial charge in [0.2, 0.25) is 0 Å². The molecule has 0 spiro atoms. The molecule has 1 amide bonds. The van der Waals surface area contributed by atoms with Crippen molar-refractivity contribution in [3.05, 3.63) is 79.4 Å². The van der Waals surface area contributed by atoms with Crippen LogP contribution in [0.2, 0.25) is 0 Å². The number of ether oxygens (including phenoxy) is 2. The first-order valence-electron chi connectivity index (χ1n) is 8.00. The minimum atomic E-state index is -0.247. The maximum absolute atomic E-state index is 12.2. The van der Waals surface area contributed by atoms with Crippen molar-refractivity contribution >= 4 is 22.4 Å². The van der Waals surface area contributed by atoms with Gasteiger partial charge in [0.1, 0.15) is 18.1 Å². The van der Waals surface area contributed by atoms with E-state index in [9.17, 15) is 4.79 Å². The Morgan fingerprint density at radius 3 is 2.56 bits per heavy atom. The number of hydrogen-bond donors (Lipinski definition) is 1. The molecule has 3 aromatic rings. The van der Waals surface area contributed by atoms with E-state index in [0.29, 0.717) is 23.8 Å². The highest BCUT2D eigenvalue weighted by molar-refractivity contribution is 5.93. The van der Waals surface area contributed by atoms with Crippen molar-refractivity contribution in [3.8, 4) is 11.5 Å². The highest BCUT2D eigenvalue weighted by Crippen LogP contribution is 2.24. The van der Waals surface area contributed by atoms with Crippen LogP contribution in [0, 0.1) is 0 Å². The lowest BCUT2D eigenvalue weighted by Crippen LogP contribution is -2.20. The number of fused-ring (bicyclic) bond motifs is 1. The van der Waals surface area contributed by atoms with Crippen LogP contribution in [0.4, 0.5) is 5.69 Å². The molecule has 4 heteroatoms. The topological polar surface area (TPSA) is 47.6 Å². The van der Waals surface area contributed by atoms with Crippen LogP contribution in [0.3, 0.4) is 0 Å². The number of para-hydroxylation sites is 2. The third-order valence-corrected chi connectivity index (χ3v) is 3.61. The van der Waals surface area contributed by atoms with E-state index < -0.39 is 0 Å². The fourth-order valence-corrected chi connectivity index (χ4v) is 2.44. The maximum Gasteiger partial charge on any atom is 0.262 e. The van der Waals surface area contributed by atoms with E-state index >= 15 is 0 Å². The molecule has 25 heavy (non-hydrogen) atoms. The Kier molecular flexibility index (Phi) is 5.32. The molecule has 1 N–H and O–H groups in total. The Labute approximate surface area is 146 Å². The molecule has 0 radical (unpaired) electrons. The maximum atomic E-state index is 12.2. The van der Waals surface area contributed by atoms with E-state index in [1.54, 1.807) is 18.2 Å². The van der Waals surface area contributed by atoms with Gasteiger partial charge in [-0.1, -0.05) is 55.1 Å². The van der Waals surface area contributed by atoms with Gasteiger partial charge in [0, 0.05) is 0 Å². The van der Waals surface area contributed by atoms with Gasteiger partial charge in [0.15, 0.2) is 6.61 Å². The average Bonchev–Trinajstić information content (AvgIpc) is 2.65. The SMILES string of the molecule is C=CCOc1ccccc1NC(=O)COc1ccc2ccccc2c1. The van der Waals surface area contributed by atoms with Crippen LogP contribution in [0.15, 0.2) is 79.4 Å². The molecule has 0 bridgehead atoms. The zero-order chi connectivity index (χ0) is 17.5. The van der Waals surface area contributed by atoms with Gasteiger partial charge in [0.05, 0.1) is 5.69 Å². The summed E-state index contributed by atoms with van der Waals surface area (Å²) >= 11 is 0. The van der Waals surface area contributed by atoms with Crippen molar-refractivity contribution in [1.29, 1.82) is 0 Å². The monoisotopic (exact) mass is 333 g/mol. The Bertz CT molecular complexity index is 889. The van der Waals surface area contributed by atoms with Crippen molar-refractivity contribution in [2.24, 2.45) is 0 Å². The number of carbonyl (C=O) groups excluding carboxylic acids is 1. The van der Waals surface area contributed by atoms with Gasteiger partial charge in [-0.25, -0.2) is 0 Å². The molecule has 0 fully saturated rings. The van der Waals surface area contributed by atoms with E-state index in [4.69, 9.17) is 9.47 Å². The van der Waals surface area contributed by atoms with Gasteiger partial charge < -0.3 is 14.8 Å². The van der Waals surface area contributed by atoms with Crippen molar-refractivity contribution in [1.82, 2.24) is 0 Å². The normalized spacial score (nSPS) is 10.2. The number of nitrogens with one attached hydrogen (secondary N) is 1. The molecule has 0 saturated carbocycles. The molecule has 0 unspecified atom stereocenters. The molecule has 3 rings (SSSR count). The van der Waals surface area contributed by atoms with E-state index in [1.165, 1.54) is 0 Å². The highest BCUT2D eigenvalue weighted by atomic mass is 16.5. The van der Waals surface area contributed by atoms with Crippen molar-refractivity contribution in [2.75, 3.05) is 18.5 Å². The average molecular weight is 333 g/mol. The van der Waals surface area contributed by atoms with Crippen molar-refractivity contribution in [2.45, 2.75) is 0 Å². The molecule has 0 heterocycles. The predicted molar refractivity (Wildman–Crippen MR) is 100 cm³/mol. The molecular weight excluding hydrogens is 314 g/mol. The summed E-state index contributed by atoms with van der Waals surface area (Å²) in [6, 6.07) is 21.0. The van der Waals surface area contributed by atoms with Crippen LogP contribution in [-0.4, -0.2) is 19.1 Å². The third kappa shape index (κ3) is 4.38. The number of amides is 1. The van der Waals surface area contributed by atoms with Gasteiger partial charge in [-0.15, -0.1) is 0 Å². The number of carbonyl (C=O) groups is 1. The van der Waals surface area contributed by atoms with Crippen LogP contribution >= 0.6 is 0 Å². The van der Waals surface area contributed by atoms with Gasteiger partial charge >= 0.3 is 0 Å². The molecular formula is C21H19NO3. The Balaban J connectivity index is 1.61. The van der Waals surface area contributed by atoms with Crippen LogP contribution in [0.1, 0.15) is 0 Å². The minimum absolute atomic E-state index is 0.0753. The zero-order valence-corrected chi connectivity index (χ0v) is 13.8. The van der Waals surface area contributed by atoms with E-state index in [0.717, 1.165) is 10.8 Å². The summed E-state index contributed by atoms with van der Waals surface area (Å²) in [4.78, 5) is 12.2. The van der Waals surface area contributed by atoms with Gasteiger partial charge in [0.25, 0.3) is 5.91 Å². The van der Waals surface area contributed by atoms with E-state index in [1.807, 2.05) is 54.6 Å². The molecule has 0 atom stereocenters. The molecule has 0 saturated heterocycles. The fraction of sp³-hybridized carbons (Fsp3) is 0.0952. The van der Waals surface area contributed by atoms with Gasteiger partial charge in [-0.05, 0) is 35.0 Å². The number of anilines is 1. The predicted octanol–water partition coefficient (Wildman–Crippen LogP) is 4.42. The summed E-state index contributed by atoms with van der Waals surface area (Å²) in [7, 11) is 0. The third-order valence-electron chi connectivity index (χ3n) is 3.61. The fourth-order valence-electron chi connectivity index (χ4n) is 2.44. The molecule has 0 aliphatic heterocycles. The molecule has 0 aliphatic rings. The quantitative estimate of drug-likeness (QED) is 0.651. The van der Waals surface area contributed by atoms with Crippen LogP contribution < -0.4 is 14.8 Å². The lowest BCUT2D eigenvalue weighted by atomic mass is 10.1. The van der Waals surface area contributed by atoms with Gasteiger partial charge in [-0.3, -0.25) is 4.79 Å². The smallest absolute Gasteiger partial charge is 0.262 e. The first-order valence-corrected chi connectivity index (χ1v) is 8.00. The summed E-state index contributed by atoms with van der Waals surface area (Å²) in [6.07, 6.45) is 1.65. The lowest BCUT2D eigenvalue weighted by molar-refractivity contribution is -0.118. The molecule has 4 nitrogen and oxygen atoms in total. The standard InChI is InChI=1S/C21H19NO3/c1-2-13-24-20-10-6-5-9-19(20)22-21(23)15-25-18-12-11-16-7-3-4-8-17(16)14-18/h2-12,14H,1,13,15H2,(H,22,23). The Morgan fingerprint density at radius 1 is 0.960 bits per heavy atom. The number of rotatable bonds is 7. The summed E-state index contributed by atoms with van der Waals surface area (Å²) in [5.41, 5.74) is 0.608. The van der Waals surface area contributed by atoms with E-state index in [2.05, 4.69) is 11.9 Å². The minimum Gasteiger partial charge on any atom is -0.487 e. The van der Waals surface area contributed by atoms with Crippen LogP contribution in [0.5, 0.6) is 11.5 Å². The first-order chi connectivity index (χ1) is 12.3. The second-order valence-corrected chi connectivity index (χ2v) is 5.44. The lowest BCUT2D eigenvalue weighted by Gasteiger charge is -2.12. The summed E-state index contributed by atoms with van der Waals surface area (Å²) < 4.78 is 11.1. The van der Waals surface area contributed by atoms with Gasteiger partial charge in [-0.2, -0.15) is 0 Å². The number of benzene rings is 3. The van der Waals surface area contributed by atoms with Crippen molar-refractivity contribution < 1.29 is 14.3 Å². The molecule has 126 valence electrons. The Hall–Kier alpha value is -3.27. The molecule has 0 aliphatic carbocycles. The highest BCUT2D eigenvalue weighted by Gasteiger charge is 2.08. The Morgan fingerprint density at radius 2 is 1.72 bits per heavy atom. The summed E-state index contributed by atoms with van der Waals surface area (Å²) in [5.74, 6) is 1.01. The first kappa shape index (κ1) is 16.6. The van der Waals surface area contributed by atoms with Crippen LogP contribution in [0.25, 0.3) is 10.8 Å². The second kappa shape index (κ2) is 8.02. The summed E-state index contributed by atoms with van der Waals surface area (Å²) in [6.45, 7) is 3.92. The summed E-state index contributed by atoms with van der Waals surface area (Å²) in [5, 5.41) is 5.01. The zero-order valence-electron chi connectivity index (χ0n) is 13.8. The van der Waals surface area contributed by atoms with E-state index in [-0.39, 0.29) is 12.5 Å². The largest absolute Gasteiger partial charge is 0.487 e. The molecule has 0 aromatic heterocycles.